The van der Waals surface area contributed by atoms with Crippen molar-refractivity contribution in [2.24, 2.45) is 10.9 Å². The van der Waals surface area contributed by atoms with Crippen molar-refractivity contribution in [1.29, 1.82) is 0 Å². The number of benzene rings is 1. The van der Waals surface area contributed by atoms with Crippen LogP contribution in [-0.2, 0) is 6.61 Å². The molecule has 1 aromatic carbocycles. The van der Waals surface area contributed by atoms with Crippen molar-refractivity contribution in [3.63, 3.8) is 0 Å². The average Bonchev–Trinajstić information content (AvgIpc) is 2.89. The van der Waals surface area contributed by atoms with Crippen LogP contribution in [0.25, 0.3) is 0 Å². The summed E-state index contributed by atoms with van der Waals surface area (Å²) in [4.78, 5) is 4.96. The number of ether oxygens (including phenoxy) is 1. The van der Waals surface area contributed by atoms with Gasteiger partial charge < -0.3 is 15.7 Å². The van der Waals surface area contributed by atoms with Crippen LogP contribution >= 0.6 is 22.9 Å². The normalized spacial score (nSPS) is 11.5. The molecule has 0 radical (unpaired) electrons. The minimum absolute atomic E-state index is 0.00547. The summed E-state index contributed by atoms with van der Waals surface area (Å²) in [5.41, 5.74) is 7.73. The molecule has 0 aliphatic heterocycles. The Hall–Kier alpha value is -1.79. The van der Waals surface area contributed by atoms with Gasteiger partial charge in [0, 0.05) is 11.8 Å². The number of aromatic nitrogens is 1. The molecule has 1 aromatic heterocycles. The summed E-state index contributed by atoms with van der Waals surface area (Å²) < 4.78 is 5.54. The number of hydrogen-bond donors (Lipinski definition) is 2. The molecule has 0 bridgehead atoms. The number of oxime groups is 1. The van der Waals surface area contributed by atoms with Crippen molar-refractivity contribution in [2.45, 2.75) is 6.61 Å². The zero-order chi connectivity index (χ0) is 13.0. The van der Waals surface area contributed by atoms with Crippen LogP contribution < -0.4 is 10.5 Å². The maximum absolute atomic E-state index is 8.56. The number of hydrogen-bond acceptors (Lipinski definition) is 5. The Labute approximate surface area is 112 Å². The summed E-state index contributed by atoms with van der Waals surface area (Å²) in [6.45, 7) is 0.410. The third kappa shape index (κ3) is 2.91. The van der Waals surface area contributed by atoms with Crippen molar-refractivity contribution >= 4 is 28.8 Å². The van der Waals surface area contributed by atoms with E-state index in [0.29, 0.717) is 22.9 Å². The summed E-state index contributed by atoms with van der Waals surface area (Å²) in [5, 5.41) is 11.9. The highest BCUT2D eigenvalue weighted by molar-refractivity contribution is 7.09. The highest BCUT2D eigenvalue weighted by Crippen LogP contribution is 2.26. The summed E-state index contributed by atoms with van der Waals surface area (Å²) >= 11 is 7.55. The van der Waals surface area contributed by atoms with Crippen molar-refractivity contribution in [1.82, 2.24) is 4.98 Å². The maximum atomic E-state index is 8.56. The first-order chi connectivity index (χ1) is 8.70. The van der Waals surface area contributed by atoms with Crippen LogP contribution in [0.3, 0.4) is 0 Å². The summed E-state index contributed by atoms with van der Waals surface area (Å²) in [6, 6.07) is 4.93. The molecule has 2 rings (SSSR count). The smallest absolute Gasteiger partial charge is 0.170 e. The standard InChI is InChI=1S/C11H10ClN3O2S/c12-9-3-7(11(13)15-16)1-2-10(9)17-5-8-4-14-6-18-8/h1-4,6,16H,5H2,(H2,13,15). The molecule has 3 N–H and O–H groups in total. The Morgan fingerprint density at radius 3 is 3.00 bits per heavy atom. The first kappa shape index (κ1) is 12.7. The van der Waals surface area contributed by atoms with Gasteiger partial charge in [0.05, 0.1) is 15.4 Å². The molecule has 2 aromatic rings. The molecule has 1 heterocycles. The fourth-order valence-electron chi connectivity index (χ4n) is 1.30. The Kier molecular flexibility index (Phi) is 4.01. The third-order valence-corrected chi connectivity index (χ3v) is 3.24. The Balaban J connectivity index is 2.10. The lowest BCUT2D eigenvalue weighted by Gasteiger charge is -2.07. The predicted molar refractivity (Wildman–Crippen MR) is 70.4 cm³/mol. The van der Waals surface area contributed by atoms with E-state index in [-0.39, 0.29) is 5.84 Å². The van der Waals surface area contributed by atoms with Crippen molar-refractivity contribution < 1.29 is 9.94 Å². The van der Waals surface area contributed by atoms with Crippen LogP contribution in [0.15, 0.2) is 35.1 Å². The second-order valence-corrected chi connectivity index (χ2v) is 4.76. The Bertz CT molecular complexity index is 557. The molecule has 0 atom stereocenters. The summed E-state index contributed by atoms with van der Waals surface area (Å²) in [5.74, 6) is 0.547. The van der Waals surface area contributed by atoms with Gasteiger partial charge in [-0.2, -0.15) is 0 Å². The van der Waals surface area contributed by atoms with Crippen LogP contribution in [-0.4, -0.2) is 16.0 Å². The lowest BCUT2D eigenvalue weighted by molar-refractivity contribution is 0.309. The highest BCUT2D eigenvalue weighted by Gasteiger charge is 2.06. The minimum Gasteiger partial charge on any atom is -0.486 e. The lowest BCUT2D eigenvalue weighted by Crippen LogP contribution is -2.12. The molecule has 7 heteroatoms. The number of amidine groups is 1. The molecule has 0 aliphatic rings. The lowest BCUT2D eigenvalue weighted by atomic mass is 10.2. The van der Waals surface area contributed by atoms with E-state index in [9.17, 15) is 0 Å². The third-order valence-electron chi connectivity index (χ3n) is 2.19. The van der Waals surface area contributed by atoms with Gasteiger partial charge in [-0.15, -0.1) is 11.3 Å². The first-order valence-corrected chi connectivity index (χ1v) is 6.24. The molecule has 0 fully saturated rings. The molecule has 18 heavy (non-hydrogen) atoms. The SMILES string of the molecule is N/C(=N/O)c1ccc(OCc2cncs2)c(Cl)c1. The van der Waals surface area contributed by atoms with Gasteiger partial charge >= 0.3 is 0 Å². The molecular formula is C11H10ClN3O2S. The van der Waals surface area contributed by atoms with Crippen LogP contribution in [0, 0.1) is 0 Å². The van der Waals surface area contributed by atoms with Gasteiger partial charge in [-0.3, -0.25) is 4.98 Å². The topological polar surface area (TPSA) is 80.7 Å². The van der Waals surface area contributed by atoms with E-state index in [1.165, 1.54) is 11.3 Å². The van der Waals surface area contributed by atoms with Crippen LogP contribution in [0.1, 0.15) is 10.4 Å². The van der Waals surface area contributed by atoms with E-state index in [2.05, 4.69) is 10.1 Å². The van der Waals surface area contributed by atoms with Gasteiger partial charge in [-0.1, -0.05) is 16.8 Å². The van der Waals surface area contributed by atoms with E-state index in [1.54, 1.807) is 29.9 Å². The fraction of sp³-hybridized carbons (Fsp3) is 0.0909. The van der Waals surface area contributed by atoms with Gasteiger partial charge in [0.2, 0.25) is 0 Å². The molecule has 0 saturated carbocycles. The monoisotopic (exact) mass is 283 g/mol. The van der Waals surface area contributed by atoms with Gasteiger partial charge in [-0.25, -0.2) is 0 Å². The molecule has 0 saturated heterocycles. The Morgan fingerprint density at radius 1 is 1.56 bits per heavy atom. The summed E-state index contributed by atoms with van der Waals surface area (Å²) in [6.07, 6.45) is 1.74. The zero-order valence-corrected chi connectivity index (χ0v) is 10.8. The van der Waals surface area contributed by atoms with E-state index in [0.717, 1.165) is 4.88 Å². The van der Waals surface area contributed by atoms with Gasteiger partial charge in [0.15, 0.2) is 5.84 Å². The quantitative estimate of drug-likeness (QED) is 0.391. The molecule has 5 nitrogen and oxygen atoms in total. The largest absolute Gasteiger partial charge is 0.486 e. The molecule has 0 unspecified atom stereocenters. The fourth-order valence-corrected chi connectivity index (χ4v) is 2.04. The van der Waals surface area contributed by atoms with Crippen LogP contribution in [0.5, 0.6) is 5.75 Å². The van der Waals surface area contributed by atoms with E-state index >= 15 is 0 Å². The number of nitrogens with zero attached hydrogens (tertiary/aromatic N) is 2. The first-order valence-electron chi connectivity index (χ1n) is 4.98. The van der Waals surface area contributed by atoms with Crippen LogP contribution in [0.4, 0.5) is 0 Å². The maximum Gasteiger partial charge on any atom is 0.170 e. The van der Waals surface area contributed by atoms with E-state index in [4.69, 9.17) is 27.3 Å². The molecule has 0 amide bonds. The molecule has 0 spiro atoms. The molecule has 0 aliphatic carbocycles. The van der Waals surface area contributed by atoms with Crippen molar-refractivity contribution in [3.8, 4) is 5.75 Å². The average molecular weight is 284 g/mol. The van der Waals surface area contributed by atoms with Gasteiger partial charge in [-0.05, 0) is 18.2 Å². The second kappa shape index (κ2) is 5.70. The molecular weight excluding hydrogens is 274 g/mol. The number of rotatable bonds is 4. The number of thiazole rings is 1. The Morgan fingerprint density at radius 2 is 2.39 bits per heavy atom. The van der Waals surface area contributed by atoms with E-state index in [1.807, 2.05) is 0 Å². The highest BCUT2D eigenvalue weighted by atomic mass is 35.5. The summed E-state index contributed by atoms with van der Waals surface area (Å²) in [7, 11) is 0. The predicted octanol–water partition coefficient (Wildman–Crippen LogP) is 2.47. The van der Waals surface area contributed by atoms with Gasteiger partial charge in [0.1, 0.15) is 12.4 Å². The van der Waals surface area contributed by atoms with Gasteiger partial charge in [0.25, 0.3) is 0 Å². The van der Waals surface area contributed by atoms with Crippen LogP contribution in [0.2, 0.25) is 5.02 Å². The number of nitrogens with two attached hydrogens (primary N) is 1. The molecule has 94 valence electrons. The second-order valence-electron chi connectivity index (χ2n) is 3.39. The number of halogens is 1. The zero-order valence-electron chi connectivity index (χ0n) is 9.21. The van der Waals surface area contributed by atoms with Crippen molar-refractivity contribution in [3.05, 3.63) is 45.4 Å². The van der Waals surface area contributed by atoms with E-state index < -0.39 is 0 Å². The van der Waals surface area contributed by atoms with Crippen molar-refractivity contribution in [2.75, 3.05) is 0 Å². The minimum atomic E-state index is 0.00547.